The summed E-state index contributed by atoms with van der Waals surface area (Å²) in [5.74, 6) is -0.776. The number of carboxylic acid groups (broad SMARTS) is 1. The van der Waals surface area contributed by atoms with E-state index in [9.17, 15) is 23.1 Å². The second kappa shape index (κ2) is 12.4. The first-order valence-electron chi connectivity index (χ1n) is 14.8. The number of ether oxygens (including phenoxy) is 1. The predicted octanol–water partition coefficient (Wildman–Crippen LogP) is 4.64. The molecule has 1 atom stereocenters. The lowest BCUT2D eigenvalue weighted by atomic mass is 9.82. The van der Waals surface area contributed by atoms with Crippen LogP contribution < -0.4 is 9.80 Å². The van der Waals surface area contributed by atoms with Crippen LogP contribution in [0, 0.1) is 12.8 Å². The van der Waals surface area contributed by atoms with Crippen molar-refractivity contribution in [3.63, 3.8) is 0 Å². The van der Waals surface area contributed by atoms with Crippen molar-refractivity contribution in [3.8, 4) is 10.4 Å². The fourth-order valence-electron chi connectivity index (χ4n) is 6.37. The van der Waals surface area contributed by atoms with Gasteiger partial charge in [-0.1, -0.05) is 49.1 Å². The highest BCUT2D eigenvalue weighted by atomic mass is 32.2. The molecule has 0 bridgehead atoms. The lowest BCUT2D eigenvalue weighted by molar-refractivity contribution is -0.121. The zero-order chi connectivity index (χ0) is 30.1. The maximum absolute atomic E-state index is 14.0. The number of carbonyl (C=O) groups is 2. The topological polar surface area (TPSA) is 120 Å². The highest BCUT2D eigenvalue weighted by Gasteiger charge is 2.44. The number of sulfonamides is 1. The fourth-order valence-corrected chi connectivity index (χ4v) is 8.72. The van der Waals surface area contributed by atoms with E-state index in [1.807, 2.05) is 36.1 Å². The second-order valence-corrected chi connectivity index (χ2v) is 14.5. The number of thiophene rings is 1. The Balaban J connectivity index is 1.33. The number of rotatable bonds is 7. The van der Waals surface area contributed by atoms with Crippen molar-refractivity contribution in [1.82, 2.24) is 9.29 Å². The SMILES string of the molecule is Cc1ccc(-c2cc(N3C(=O)CN(S(=O)(=O)c4ccc(N5CCOCC5)nc4)CC3C3CCCCC3)c(C(=O)O)s2)cc1. The van der Waals surface area contributed by atoms with Gasteiger partial charge in [-0.3, -0.25) is 4.79 Å². The smallest absolute Gasteiger partial charge is 0.348 e. The molecule has 228 valence electrons. The van der Waals surface area contributed by atoms with Crippen LogP contribution in [0.5, 0.6) is 0 Å². The zero-order valence-corrected chi connectivity index (χ0v) is 25.8. The van der Waals surface area contributed by atoms with E-state index in [0.717, 1.165) is 59.4 Å². The van der Waals surface area contributed by atoms with Crippen LogP contribution in [-0.2, 0) is 19.6 Å². The number of aromatic carboxylic acids is 1. The molecule has 43 heavy (non-hydrogen) atoms. The number of benzene rings is 1. The summed E-state index contributed by atoms with van der Waals surface area (Å²) in [7, 11) is -4.02. The zero-order valence-electron chi connectivity index (χ0n) is 24.1. The molecule has 1 amide bonds. The average Bonchev–Trinajstić information content (AvgIpc) is 3.47. The molecule has 3 fully saturated rings. The fraction of sp³-hybridized carbons (Fsp3) is 0.452. The maximum atomic E-state index is 14.0. The van der Waals surface area contributed by atoms with E-state index in [2.05, 4.69) is 4.98 Å². The van der Waals surface area contributed by atoms with Crippen LogP contribution in [0.15, 0.2) is 53.6 Å². The van der Waals surface area contributed by atoms with Crippen molar-refractivity contribution < 1.29 is 27.9 Å². The van der Waals surface area contributed by atoms with Gasteiger partial charge in [-0.15, -0.1) is 11.3 Å². The van der Waals surface area contributed by atoms with Crippen molar-refractivity contribution in [2.24, 2.45) is 5.92 Å². The monoisotopic (exact) mass is 624 g/mol. The van der Waals surface area contributed by atoms with Crippen LogP contribution in [0.1, 0.15) is 47.3 Å². The molecule has 1 N–H and O–H groups in total. The third-order valence-corrected chi connectivity index (χ3v) is 11.6. The Morgan fingerprint density at radius 3 is 2.42 bits per heavy atom. The Morgan fingerprint density at radius 2 is 1.77 bits per heavy atom. The highest BCUT2D eigenvalue weighted by Crippen LogP contribution is 2.42. The van der Waals surface area contributed by atoms with Gasteiger partial charge < -0.3 is 19.6 Å². The van der Waals surface area contributed by atoms with Gasteiger partial charge in [-0.2, -0.15) is 4.31 Å². The van der Waals surface area contributed by atoms with Crippen LogP contribution in [0.25, 0.3) is 10.4 Å². The summed E-state index contributed by atoms with van der Waals surface area (Å²) < 4.78 is 34.4. The maximum Gasteiger partial charge on any atom is 0.348 e. The standard InChI is InChI=1S/C31H36N4O6S2/c1-21-7-9-23(10-8-21)27-17-25(30(42-27)31(37)38)35-26(22-5-3-2-4-6-22)19-34(20-29(35)36)43(39,40)24-11-12-28(32-18-24)33-13-15-41-16-14-33/h7-12,17-18,22,26H,2-6,13-16,19-20H2,1H3,(H,37,38). The number of nitrogens with zero attached hydrogens (tertiary/aromatic N) is 4. The van der Waals surface area contributed by atoms with Gasteiger partial charge in [0.05, 0.1) is 31.5 Å². The molecule has 1 aliphatic carbocycles. The molecule has 4 heterocycles. The number of aryl methyl sites for hydroxylation is 1. The van der Waals surface area contributed by atoms with Gasteiger partial charge in [0.2, 0.25) is 15.9 Å². The largest absolute Gasteiger partial charge is 0.477 e. The van der Waals surface area contributed by atoms with E-state index >= 15 is 0 Å². The molecule has 0 radical (unpaired) electrons. The van der Waals surface area contributed by atoms with Gasteiger partial charge in [0, 0.05) is 30.7 Å². The van der Waals surface area contributed by atoms with Crippen molar-refractivity contribution in [2.75, 3.05) is 49.2 Å². The number of hydrogen-bond acceptors (Lipinski definition) is 8. The molecule has 3 aromatic rings. The van der Waals surface area contributed by atoms with Crippen LogP contribution in [-0.4, -0.2) is 80.1 Å². The Morgan fingerprint density at radius 1 is 1.05 bits per heavy atom. The van der Waals surface area contributed by atoms with E-state index in [1.54, 1.807) is 23.1 Å². The van der Waals surface area contributed by atoms with E-state index in [0.29, 0.717) is 37.8 Å². The third-order valence-electron chi connectivity index (χ3n) is 8.69. The first kappa shape index (κ1) is 29.7. The molecule has 1 unspecified atom stereocenters. The minimum absolute atomic E-state index is 0.0385. The molecular formula is C31H36N4O6S2. The second-order valence-electron chi connectivity index (χ2n) is 11.5. The first-order chi connectivity index (χ1) is 20.7. The Bertz CT molecular complexity index is 1580. The van der Waals surface area contributed by atoms with Gasteiger partial charge >= 0.3 is 5.97 Å². The van der Waals surface area contributed by atoms with Gasteiger partial charge in [0.15, 0.2) is 0 Å². The van der Waals surface area contributed by atoms with Crippen LogP contribution in [0.3, 0.4) is 0 Å². The number of piperazine rings is 1. The van der Waals surface area contributed by atoms with Gasteiger partial charge in [0.1, 0.15) is 15.6 Å². The van der Waals surface area contributed by atoms with Crippen molar-refractivity contribution in [2.45, 2.75) is 50.0 Å². The van der Waals surface area contributed by atoms with E-state index in [1.165, 1.54) is 10.5 Å². The summed E-state index contributed by atoms with van der Waals surface area (Å²) >= 11 is 1.14. The van der Waals surface area contributed by atoms with Crippen LogP contribution in [0.2, 0.25) is 0 Å². The minimum Gasteiger partial charge on any atom is -0.477 e. The number of amides is 1. The molecule has 10 nitrogen and oxygen atoms in total. The molecular weight excluding hydrogens is 588 g/mol. The molecule has 2 aromatic heterocycles. The van der Waals surface area contributed by atoms with Crippen LogP contribution in [0.4, 0.5) is 11.5 Å². The number of anilines is 2. The molecule has 6 rings (SSSR count). The molecule has 2 saturated heterocycles. The minimum atomic E-state index is -4.02. The normalized spacial score (nSPS) is 20.9. The van der Waals surface area contributed by atoms with Gasteiger partial charge in [-0.25, -0.2) is 18.2 Å². The number of morpholine rings is 1. The lowest BCUT2D eigenvalue weighted by Crippen LogP contribution is -2.60. The van der Waals surface area contributed by atoms with E-state index < -0.39 is 27.9 Å². The lowest BCUT2D eigenvalue weighted by Gasteiger charge is -2.44. The van der Waals surface area contributed by atoms with Crippen LogP contribution >= 0.6 is 11.3 Å². The number of hydrogen-bond donors (Lipinski definition) is 1. The summed E-state index contributed by atoms with van der Waals surface area (Å²) in [5.41, 5.74) is 2.32. The van der Waals surface area contributed by atoms with E-state index in [-0.39, 0.29) is 28.8 Å². The molecule has 2 aliphatic heterocycles. The highest BCUT2D eigenvalue weighted by molar-refractivity contribution is 7.89. The quantitative estimate of drug-likeness (QED) is 0.404. The number of carboxylic acids is 1. The van der Waals surface area contributed by atoms with Crippen molar-refractivity contribution in [3.05, 3.63) is 59.1 Å². The Hall–Kier alpha value is -3.32. The van der Waals surface area contributed by atoms with Crippen molar-refractivity contribution in [1.29, 1.82) is 0 Å². The van der Waals surface area contributed by atoms with Gasteiger partial charge in [0.25, 0.3) is 0 Å². The first-order valence-corrected chi connectivity index (χ1v) is 17.0. The molecule has 1 saturated carbocycles. The summed E-state index contributed by atoms with van der Waals surface area (Å²) in [4.78, 5) is 35.4. The molecule has 0 spiro atoms. The molecule has 1 aromatic carbocycles. The number of carbonyl (C=O) groups excluding carboxylic acids is 1. The third kappa shape index (κ3) is 6.06. The Kier molecular flexibility index (Phi) is 8.54. The summed E-state index contributed by atoms with van der Waals surface area (Å²) in [5, 5.41) is 10.2. The number of pyridine rings is 1. The average molecular weight is 625 g/mol. The van der Waals surface area contributed by atoms with E-state index in [4.69, 9.17) is 4.74 Å². The molecule has 12 heteroatoms. The summed E-state index contributed by atoms with van der Waals surface area (Å²) in [6.45, 7) is 4.27. The predicted molar refractivity (Wildman–Crippen MR) is 165 cm³/mol. The number of aromatic nitrogens is 1. The Labute approximate surface area is 255 Å². The van der Waals surface area contributed by atoms with Crippen molar-refractivity contribution >= 4 is 44.7 Å². The summed E-state index contributed by atoms with van der Waals surface area (Å²) in [6, 6.07) is 12.4. The molecule has 3 aliphatic rings. The van der Waals surface area contributed by atoms with Gasteiger partial charge in [-0.05, 0) is 49.4 Å². The summed E-state index contributed by atoms with van der Waals surface area (Å²) in [6.07, 6.45) is 6.16.